The van der Waals surface area contributed by atoms with Crippen LogP contribution in [0.25, 0.3) is 22.4 Å². The Bertz CT molecular complexity index is 1260. The number of hydrogen-bond acceptors (Lipinski definition) is 3. The maximum Gasteiger partial charge on any atom is 0.271 e. The van der Waals surface area contributed by atoms with Crippen LogP contribution in [0.5, 0.6) is 0 Å². The van der Waals surface area contributed by atoms with Crippen molar-refractivity contribution in [1.82, 2.24) is 9.99 Å². The molecule has 4 aromatic rings. The van der Waals surface area contributed by atoms with Gasteiger partial charge in [0, 0.05) is 22.0 Å². The van der Waals surface area contributed by atoms with Crippen molar-refractivity contribution in [3.8, 4) is 22.4 Å². The highest BCUT2D eigenvalue weighted by Crippen LogP contribution is 2.25. The number of rotatable bonds is 6. The van der Waals surface area contributed by atoms with E-state index in [0.717, 1.165) is 15.7 Å². The van der Waals surface area contributed by atoms with Crippen molar-refractivity contribution < 1.29 is 4.79 Å². The summed E-state index contributed by atoms with van der Waals surface area (Å²) in [5, 5.41) is 6.40. The van der Waals surface area contributed by atoms with Crippen LogP contribution >= 0.6 is 27.3 Å². The Balaban J connectivity index is 1.61. The molecule has 0 aliphatic heterocycles. The Morgan fingerprint density at radius 2 is 1.61 bits per heavy atom. The van der Waals surface area contributed by atoms with E-state index < -0.39 is 0 Å². The van der Waals surface area contributed by atoms with Gasteiger partial charge in [-0.05, 0) is 41.0 Å². The zero-order chi connectivity index (χ0) is 21.6. The number of hydrogen-bond donors (Lipinski definition) is 1. The minimum atomic E-state index is -0.250. The van der Waals surface area contributed by atoms with E-state index in [0.29, 0.717) is 16.9 Å². The fourth-order valence-electron chi connectivity index (χ4n) is 3.18. The standard InChI is InChI=1S/C25H20BrN3OS/c1-2-16-29-23(20-10-8-19(9-11-20)18-6-4-3-5-7-18)17-31-25(29)28-27-24(30)21-12-14-22(26)15-13-21/h2-15,17H,1,16H2,(H,27,30)/b28-25+. The van der Waals surface area contributed by atoms with Gasteiger partial charge < -0.3 is 4.57 Å². The SMILES string of the molecule is C=CCn1c(-c2ccc(-c3ccccc3)cc2)cs/c1=N/NC(=O)c1ccc(Br)cc1. The maximum absolute atomic E-state index is 12.4. The van der Waals surface area contributed by atoms with Crippen molar-refractivity contribution in [3.63, 3.8) is 0 Å². The Labute approximate surface area is 193 Å². The van der Waals surface area contributed by atoms with Crippen LogP contribution in [-0.2, 0) is 6.54 Å². The van der Waals surface area contributed by atoms with Crippen LogP contribution in [0, 0.1) is 0 Å². The van der Waals surface area contributed by atoms with Crippen LogP contribution < -0.4 is 10.2 Å². The van der Waals surface area contributed by atoms with Gasteiger partial charge in [0.15, 0.2) is 0 Å². The zero-order valence-electron chi connectivity index (χ0n) is 16.7. The molecule has 3 aromatic carbocycles. The van der Waals surface area contributed by atoms with Gasteiger partial charge in [-0.25, -0.2) is 5.43 Å². The number of aromatic nitrogens is 1. The topological polar surface area (TPSA) is 46.4 Å². The summed E-state index contributed by atoms with van der Waals surface area (Å²) in [5.41, 5.74) is 7.67. The van der Waals surface area contributed by atoms with E-state index in [1.807, 2.05) is 46.4 Å². The molecule has 0 saturated heterocycles. The van der Waals surface area contributed by atoms with Gasteiger partial charge >= 0.3 is 0 Å². The van der Waals surface area contributed by atoms with Crippen LogP contribution in [0.15, 0.2) is 106 Å². The largest absolute Gasteiger partial charge is 0.311 e. The quantitative estimate of drug-likeness (QED) is 0.259. The fraction of sp³-hybridized carbons (Fsp3) is 0.0400. The summed E-state index contributed by atoms with van der Waals surface area (Å²) in [5.74, 6) is -0.250. The zero-order valence-corrected chi connectivity index (χ0v) is 19.1. The van der Waals surface area contributed by atoms with Gasteiger partial charge in [-0.3, -0.25) is 4.79 Å². The lowest BCUT2D eigenvalue weighted by molar-refractivity contribution is 0.0953. The van der Waals surface area contributed by atoms with E-state index in [4.69, 9.17) is 0 Å². The highest BCUT2D eigenvalue weighted by molar-refractivity contribution is 9.10. The normalized spacial score (nSPS) is 11.3. The Hall–Kier alpha value is -3.22. The molecule has 4 rings (SSSR count). The first-order chi connectivity index (χ1) is 15.2. The van der Waals surface area contributed by atoms with Crippen LogP contribution in [0.1, 0.15) is 10.4 Å². The molecule has 0 radical (unpaired) electrons. The summed E-state index contributed by atoms with van der Waals surface area (Å²) < 4.78 is 2.96. The second kappa shape index (κ2) is 9.73. The van der Waals surface area contributed by atoms with E-state index in [2.05, 4.69) is 69.4 Å². The summed E-state index contributed by atoms with van der Waals surface area (Å²) in [6.45, 7) is 4.46. The second-order valence-corrected chi connectivity index (χ2v) is 8.56. The average Bonchev–Trinajstić information content (AvgIpc) is 3.21. The van der Waals surface area contributed by atoms with Crippen molar-refractivity contribution in [3.05, 3.63) is 112 Å². The smallest absolute Gasteiger partial charge is 0.271 e. The predicted octanol–water partition coefficient (Wildman–Crippen LogP) is 6.08. The van der Waals surface area contributed by atoms with E-state index in [1.165, 1.54) is 22.5 Å². The first-order valence-corrected chi connectivity index (χ1v) is 11.4. The van der Waals surface area contributed by atoms with Gasteiger partial charge in [-0.15, -0.1) is 23.0 Å². The minimum absolute atomic E-state index is 0.250. The molecule has 0 saturated carbocycles. The van der Waals surface area contributed by atoms with Crippen LogP contribution in [0.4, 0.5) is 0 Å². The number of nitrogens with zero attached hydrogens (tertiary/aromatic N) is 2. The van der Waals surface area contributed by atoms with E-state index in [1.54, 1.807) is 12.1 Å². The van der Waals surface area contributed by atoms with Gasteiger partial charge in [-0.1, -0.05) is 76.6 Å². The fourth-order valence-corrected chi connectivity index (χ4v) is 4.33. The van der Waals surface area contributed by atoms with Crippen LogP contribution in [0.2, 0.25) is 0 Å². The molecule has 0 aliphatic carbocycles. The minimum Gasteiger partial charge on any atom is -0.311 e. The molecule has 0 spiro atoms. The number of thiazole rings is 1. The van der Waals surface area contributed by atoms with E-state index in [9.17, 15) is 4.79 Å². The molecule has 0 aliphatic rings. The van der Waals surface area contributed by atoms with Crippen molar-refractivity contribution in [2.45, 2.75) is 6.54 Å². The molecule has 1 amide bonds. The van der Waals surface area contributed by atoms with Crippen molar-refractivity contribution in [2.75, 3.05) is 0 Å². The number of amides is 1. The van der Waals surface area contributed by atoms with E-state index >= 15 is 0 Å². The second-order valence-electron chi connectivity index (χ2n) is 6.81. The van der Waals surface area contributed by atoms with E-state index in [-0.39, 0.29) is 5.91 Å². The third-order valence-corrected chi connectivity index (χ3v) is 6.15. The van der Waals surface area contributed by atoms with Gasteiger partial charge in [0.2, 0.25) is 4.80 Å². The molecule has 0 bridgehead atoms. The Morgan fingerprint density at radius 3 is 2.29 bits per heavy atom. The van der Waals surface area contributed by atoms with Crippen molar-refractivity contribution in [1.29, 1.82) is 0 Å². The van der Waals surface area contributed by atoms with Crippen LogP contribution in [-0.4, -0.2) is 10.5 Å². The maximum atomic E-state index is 12.4. The highest BCUT2D eigenvalue weighted by atomic mass is 79.9. The number of halogens is 1. The Morgan fingerprint density at radius 1 is 0.968 bits per heavy atom. The molecular formula is C25H20BrN3OS. The number of carbonyl (C=O) groups is 1. The lowest BCUT2D eigenvalue weighted by Gasteiger charge is -2.08. The average molecular weight is 490 g/mol. The summed E-state index contributed by atoms with van der Waals surface area (Å²) in [6, 6.07) is 25.9. The number of allylic oxidation sites excluding steroid dienone is 1. The first kappa shape index (κ1) is 21.0. The van der Waals surface area contributed by atoms with Gasteiger partial charge in [0.05, 0.1) is 5.69 Å². The molecular weight excluding hydrogens is 470 g/mol. The summed E-state index contributed by atoms with van der Waals surface area (Å²) in [7, 11) is 0. The molecule has 31 heavy (non-hydrogen) atoms. The summed E-state index contributed by atoms with van der Waals surface area (Å²) in [4.78, 5) is 13.1. The van der Waals surface area contributed by atoms with Gasteiger partial charge in [0.1, 0.15) is 0 Å². The van der Waals surface area contributed by atoms with Crippen LogP contribution in [0.3, 0.4) is 0 Å². The third kappa shape index (κ3) is 4.93. The molecule has 0 fully saturated rings. The van der Waals surface area contributed by atoms with Gasteiger partial charge in [-0.2, -0.15) is 0 Å². The highest BCUT2D eigenvalue weighted by Gasteiger charge is 2.09. The monoisotopic (exact) mass is 489 g/mol. The van der Waals surface area contributed by atoms with Gasteiger partial charge in [0.25, 0.3) is 5.91 Å². The third-order valence-electron chi connectivity index (χ3n) is 4.76. The number of carbonyl (C=O) groups excluding carboxylic acids is 1. The lowest BCUT2D eigenvalue weighted by atomic mass is 10.0. The lowest BCUT2D eigenvalue weighted by Crippen LogP contribution is -2.24. The molecule has 154 valence electrons. The molecule has 0 unspecified atom stereocenters. The molecule has 1 N–H and O–H groups in total. The molecule has 1 heterocycles. The summed E-state index contributed by atoms with van der Waals surface area (Å²) >= 11 is 4.85. The molecule has 0 atom stereocenters. The van der Waals surface area contributed by atoms with Crippen molar-refractivity contribution >= 4 is 33.2 Å². The molecule has 6 heteroatoms. The molecule has 1 aromatic heterocycles. The predicted molar refractivity (Wildman–Crippen MR) is 131 cm³/mol. The molecule has 4 nitrogen and oxygen atoms in total. The Kier molecular flexibility index (Phi) is 6.60. The first-order valence-electron chi connectivity index (χ1n) is 9.70. The number of benzene rings is 3. The number of nitrogens with one attached hydrogen (secondary N) is 1. The summed E-state index contributed by atoms with van der Waals surface area (Å²) in [6.07, 6.45) is 1.82. The van der Waals surface area contributed by atoms with Crippen molar-refractivity contribution in [2.24, 2.45) is 5.10 Å².